The number of aromatic nitrogens is 2. The van der Waals surface area contributed by atoms with Crippen molar-refractivity contribution in [1.82, 2.24) is 14.9 Å². The Bertz CT molecular complexity index is 1230. The van der Waals surface area contributed by atoms with Crippen molar-refractivity contribution in [3.05, 3.63) is 95.7 Å². The van der Waals surface area contributed by atoms with Crippen LogP contribution < -0.4 is 0 Å². The molecule has 0 spiro atoms. The standard InChI is InChI=1S/C25H22FN3O2/c26-20-8-3-5-17(13-20)14-21-15-28-24(31-21)19-7-4-12-29(16-19)25(30)23-22-9-2-1-6-18(22)10-11-27-23/h1-3,5-6,8-11,13,15,19H,4,7,12,14,16H2. The van der Waals surface area contributed by atoms with Gasteiger partial charge in [0.25, 0.3) is 5.91 Å². The number of amides is 1. The number of fused-ring (bicyclic) bond motifs is 1. The summed E-state index contributed by atoms with van der Waals surface area (Å²) >= 11 is 0. The number of hydrogen-bond donors (Lipinski definition) is 0. The van der Waals surface area contributed by atoms with Gasteiger partial charge in [0.2, 0.25) is 0 Å². The van der Waals surface area contributed by atoms with Crippen LogP contribution in [0.2, 0.25) is 0 Å². The van der Waals surface area contributed by atoms with Gasteiger partial charge in [0, 0.05) is 31.1 Å². The Hall–Kier alpha value is -3.54. The molecule has 2 aromatic heterocycles. The number of carbonyl (C=O) groups is 1. The molecule has 1 unspecified atom stereocenters. The van der Waals surface area contributed by atoms with Gasteiger partial charge >= 0.3 is 0 Å². The molecule has 0 bridgehead atoms. The average Bonchev–Trinajstić information content (AvgIpc) is 3.27. The third-order valence-corrected chi connectivity index (χ3v) is 5.77. The summed E-state index contributed by atoms with van der Waals surface area (Å²) in [6.45, 7) is 1.24. The van der Waals surface area contributed by atoms with Gasteiger partial charge in [0.05, 0.1) is 12.1 Å². The van der Waals surface area contributed by atoms with Crippen LogP contribution in [0.15, 0.2) is 71.4 Å². The number of benzene rings is 2. The molecule has 1 aliphatic rings. The molecular formula is C25H22FN3O2. The zero-order valence-electron chi connectivity index (χ0n) is 17.0. The van der Waals surface area contributed by atoms with Crippen LogP contribution in [0.25, 0.3) is 10.8 Å². The highest BCUT2D eigenvalue weighted by Gasteiger charge is 2.29. The molecule has 1 amide bonds. The van der Waals surface area contributed by atoms with Crippen LogP contribution in [-0.4, -0.2) is 33.9 Å². The minimum Gasteiger partial charge on any atom is -0.445 e. The molecule has 0 aliphatic carbocycles. The van der Waals surface area contributed by atoms with Crippen molar-refractivity contribution in [2.24, 2.45) is 0 Å². The van der Waals surface area contributed by atoms with Crippen molar-refractivity contribution < 1.29 is 13.6 Å². The van der Waals surface area contributed by atoms with Gasteiger partial charge in [-0.3, -0.25) is 9.78 Å². The van der Waals surface area contributed by atoms with E-state index in [1.165, 1.54) is 12.1 Å². The first-order chi connectivity index (χ1) is 15.2. The highest BCUT2D eigenvalue weighted by atomic mass is 19.1. The van der Waals surface area contributed by atoms with Crippen LogP contribution in [0.4, 0.5) is 4.39 Å². The second kappa shape index (κ2) is 8.30. The lowest BCUT2D eigenvalue weighted by molar-refractivity contribution is 0.0694. The molecule has 0 N–H and O–H groups in total. The van der Waals surface area contributed by atoms with E-state index in [4.69, 9.17) is 4.42 Å². The van der Waals surface area contributed by atoms with E-state index >= 15 is 0 Å². The molecule has 0 radical (unpaired) electrons. The minimum atomic E-state index is -0.263. The first-order valence-corrected chi connectivity index (χ1v) is 10.5. The van der Waals surface area contributed by atoms with Gasteiger partial charge in [0.1, 0.15) is 17.3 Å². The van der Waals surface area contributed by atoms with Gasteiger partial charge in [-0.05, 0) is 42.0 Å². The lowest BCUT2D eigenvalue weighted by atomic mass is 9.97. The quantitative estimate of drug-likeness (QED) is 0.472. The zero-order valence-corrected chi connectivity index (χ0v) is 17.0. The number of oxazole rings is 1. The third kappa shape index (κ3) is 4.06. The van der Waals surface area contributed by atoms with E-state index in [0.717, 1.165) is 29.2 Å². The maximum absolute atomic E-state index is 13.4. The summed E-state index contributed by atoms with van der Waals surface area (Å²) in [6, 6.07) is 16.2. The number of likely N-dealkylation sites (tertiary alicyclic amines) is 1. The van der Waals surface area contributed by atoms with Crippen LogP contribution in [0.1, 0.15) is 46.5 Å². The van der Waals surface area contributed by atoms with Crippen molar-refractivity contribution in [2.45, 2.75) is 25.2 Å². The predicted molar refractivity (Wildman–Crippen MR) is 115 cm³/mol. The number of halogens is 1. The molecule has 2 aromatic carbocycles. The molecule has 5 nitrogen and oxygen atoms in total. The van der Waals surface area contributed by atoms with E-state index in [9.17, 15) is 9.18 Å². The predicted octanol–water partition coefficient (Wildman–Crippen LogP) is 4.97. The van der Waals surface area contributed by atoms with Crippen LogP contribution in [0.3, 0.4) is 0 Å². The van der Waals surface area contributed by atoms with E-state index in [1.807, 2.05) is 41.3 Å². The van der Waals surface area contributed by atoms with E-state index < -0.39 is 0 Å². The molecule has 4 aromatic rings. The Morgan fingerprint density at radius 1 is 1.13 bits per heavy atom. The topological polar surface area (TPSA) is 59.2 Å². The van der Waals surface area contributed by atoms with E-state index in [2.05, 4.69) is 9.97 Å². The molecule has 31 heavy (non-hydrogen) atoms. The lowest BCUT2D eigenvalue weighted by Crippen LogP contribution is -2.39. The van der Waals surface area contributed by atoms with Crippen molar-refractivity contribution in [1.29, 1.82) is 0 Å². The highest BCUT2D eigenvalue weighted by Crippen LogP contribution is 2.29. The Labute approximate surface area is 179 Å². The maximum Gasteiger partial charge on any atom is 0.273 e. The van der Waals surface area contributed by atoms with Gasteiger partial charge in [-0.15, -0.1) is 0 Å². The summed E-state index contributed by atoms with van der Waals surface area (Å²) in [5, 5.41) is 1.87. The fourth-order valence-corrected chi connectivity index (χ4v) is 4.24. The monoisotopic (exact) mass is 415 g/mol. The van der Waals surface area contributed by atoms with Crippen LogP contribution in [0, 0.1) is 5.82 Å². The highest BCUT2D eigenvalue weighted by molar-refractivity contribution is 6.05. The number of nitrogens with zero attached hydrogens (tertiary/aromatic N) is 3. The molecule has 0 saturated carbocycles. The fourth-order valence-electron chi connectivity index (χ4n) is 4.24. The van der Waals surface area contributed by atoms with E-state index in [-0.39, 0.29) is 17.6 Å². The maximum atomic E-state index is 13.4. The largest absolute Gasteiger partial charge is 0.445 e. The first-order valence-electron chi connectivity index (χ1n) is 10.5. The number of pyridine rings is 1. The molecule has 1 atom stereocenters. The molecule has 1 fully saturated rings. The fraction of sp³-hybridized carbons (Fsp3) is 0.240. The summed E-state index contributed by atoms with van der Waals surface area (Å²) in [6.07, 6.45) is 5.66. The molecule has 5 rings (SSSR count). The third-order valence-electron chi connectivity index (χ3n) is 5.77. The van der Waals surface area contributed by atoms with Crippen molar-refractivity contribution in [3.8, 4) is 0 Å². The zero-order chi connectivity index (χ0) is 21.2. The number of carbonyl (C=O) groups excluding carboxylic acids is 1. The minimum absolute atomic E-state index is 0.0361. The first kappa shape index (κ1) is 19.4. The van der Waals surface area contributed by atoms with Gasteiger partial charge in [-0.25, -0.2) is 9.37 Å². The van der Waals surface area contributed by atoms with Gasteiger partial charge < -0.3 is 9.32 Å². The Morgan fingerprint density at radius 2 is 2.03 bits per heavy atom. The van der Waals surface area contributed by atoms with Crippen molar-refractivity contribution in [3.63, 3.8) is 0 Å². The summed E-state index contributed by atoms with van der Waals surface area (Å²) in [4.78, 5) is 23.9. The average molecular weight is 415 g/mol. The summed E-state index contributed by atoms with van der Waals surface area (Å²) in [7, 11) is 0. The van der Waals surface area contributed by atoms with E-state index in [1.54, 1.807) is 18.5 Å². The van der Waals surface area contributed by atoms with Gasteiger partial charge in [-0.1, -0.05) is 36.4 Å². The second-order valence-electron chi connectivity index (χ2n) is 7.94. The van der Waals surface area contributed by atoms with Gasteiger partial charge in [-0.2, -0.15) is 0 Å². The van der Waals surface area contributed by atoms with Crippen molar-refractivity contribution in [2.75, 3.05) is 13.1 Å². The van der Waals surface area contributed by atoms with E-state index in [0.29, 0.717) is 36.9 Å². The number of rotatable bonds is 4. The molecule has 3 heterocycles. The Morgan fingerprint density at radius 3 is 2.94 bits per heavy atom. The number of hydrogen-bond acceptors (Lipinski definition) is 4. The smallest absolute Gasteiger partial charge is 0.273 e. The number of piperidine rings is 1. The van der Waals surface area contributed by atoms with Crippen LogP contribution in [0.5, 0.6) is 0 Å². The summed E-state index contributed by atoms with van der Waals surface area (Å²) in [5.41, 5.74) is 1.32. The van der Waals surface area contributed by atoms with Gasteiger partial charge in [0.15, 0.2) is 5.89 Å². The lowest BCUT2D eigenvalue weighted by Gasteiger charge is -2.31. The molecule has 156 valence electrons. The second-order valence-corrected chi connectivity index (χ2v) is 7.94. The SMILES string of the molecule is O=C(c1nccc2ccccc12)N1CCCC(c2ncc(Cc3cccc(F)c3)o2)C1. The normalized spacial score (nSPS) is 16.5. The molecule has 6 heteroatoms. The molecular weight excluding hydrogens is 393 g/mol. The summed E-state index contributed by atoms with van der Waals surface area (Å²) in [5.74, 6) is 1.04. The van der Waals surface area contributed by atoms with Crippen LogP contribution in [-0.2, 0) is 6.42 Å². The molecule has 1 saturated heterocycles. The Kier molecular flexibility index (Phi) is 5.20. The Balaban J connectivity index is 1.32. The van der Waals surface area contributed by atoms with Crippen molar-refractivity contribution >= 4 is 16.7 Å². The molecule has 1 aliphatic heterocycles. The van der Waals surface area contributed by atoms with Crippen LogP contribution >= 0.6 is 0 Å². The summed E-state index contributed by atoms with van der Waals surface area (Å²) < 4.78 is 19.4.